The number of hydrogen-bond acceptors (Lipinski definition) is 4. The molecule has 2 aromatic carbocycles. The van der Waals surface area contributed by atoms with Crippen molar-refractivity contribution in [2.24, 2.45) is 0 Å². The first-order valence-electron chi connectivity index (χ1n) is 13.4. The zero-order valence-electron chi connectivity index (χ0n) is 22.5. The predicted molar refractivity (Wildman–Crippen MR) is 146 cm³/mol. The smallest absolute Gasteiger partial charge is 0.219 e. The van der Waals surface area contributed by atoms with Gasteiger partial charge in [0.05, 0.1) is 11.3 Å². The predicted octanol–water partition coefficient (Wildman–Crippen LogP) is 6.03. The molecule has 2 N–H and O–H groups in total. The fourth-order valence-corrected chi connectivity index (χ4v) is 7.49. The number of sulfone groups is 1. The molecule has 0 spiro atoms. The topological polar surface area (TPSA) is 75.3 Å². The van der Waals surface area contributed by atoms with Gasteiger partial charge < -0.3 is 10.6 Å². The van der Waals surface area contributed by atoms with Crippen LogP contribution in [0.4, 0.5) is 8.78 Å². The average Bonchev–Trinajstić information content (AvgIpc) is 2.85. The number of nitrogens with one attached hydrogen (secondary N) is 2. The van der Waals surface area contributed by atoms with Crippen molar-refractivity contribution < 1.29 is 22.0 Å². The van der Waals surface area contributed by atoms with E-state index in [0.717, 1.165) is 30.2 Å². The molecule has 5 nitrogen and oxygen atoms in total. The molecule has 2 aromatic rings. The van der Waals surface area contributed by atoms with E-state index in [0.29, 0.717) is 38.8 Å². The monoisotopic (exact) mass is 536 g/mol. The molecule has 0 saturated carbocycles. The van der Waals surface area contributed by atoms with Crippen molar-refractivity contribution in [2.75, 3.05) is 6.54 Å². The number of hydrogen-bond donors (Lipinski definition) is 2. The van der Waals surface area contributed by atoms with Gasteiger partial charge in [-0.3, -0.25) is 4.79 Å². The standard InChI is InChI=1S/C29H42F2N2O3S/c1-5-10-26(11-6-2)37(35,36)29(23-17-24(30)19-25(31)18-23)27(33-28(34)8-4)14-15-32-20-22-13-9-12-21(7-3)16-22/h9,12-13,16-19,26-27,29,32H,5-8,10-11,14-15,20H2,1-4H3,(H,33,34)/t27-,29?/m0/s1. The number of carbonyl (C=O) groups excluding carboxylic acids is 1. The van der Waals surface area contributed by atoms with E-state index in [1.807, 2.05) is 26.0 Å². The molecule has 0 heterocycles. The van der Waals surface area contributed by atoms with Crippen molar-refractivity contribution in [1.82, 2.24) is 10.6 Å². The molecular formula is C29H42F2N2O3S. The number of amides is 1. The van der Waals surface area contributed by atoms with Crippen molar-refractivity contribution >= 4 is 15.7 Å². The van der Waals surface area contributed by atoms with E-state index in [1.165, 1.54) is 5.56 Å². The second-order valence-corrected chi connectivity index (χ2v) is 11.9. The van der Waals surface area contributed by atoms with Crippen LogP contribution < -0.4 is 10.6 Å². The van der Waals surface area contributed by atoms with Gasteiger partial charge in [-0.1, -0.05) is 64.8 Å². The van der Waals surface area contributed by atoms with Crippen LogP contribution in [0.5, 0.6) is 0 Å². The van der Waals surface area contributed by atoms with Gasteiger partial charge in [-0.25, -0.2) is 17.2 Å². The number of halogens is 2. The van der Waals surface area contributed by atoms with Gasteiger partial charge in [-0.2, -0.15) is 0 Å². The molecule has 0 aliphatic carbocycles. The number of rotatable bonds is 16. The summed E-state index contributed by atoms with van der Waals surface area (Å²) >= 11 is 0. The zero-order valence-corrected chi connectivity index (χ0v) is 23.3. The molecule has 0 bridgehead atoms. The summed E-state index contributed by atoms with van der Waals surface area (Å²) in [6.07, 6.45) is 3.61. The lowest BCUT2D eigenvalue weighted by molar-refractivity contribution is -0.121. The molecule has 37 heavy (non-hydrogen) atoms. The highest BCUT2D eigenvalue weighted by Crippen LogP contribution is 2.35. The van der Waals surface area contributed by atoms with Crippen LogP contribution in [-0.4, -0.2) is 32.2 Å². The fraction of sp³-hybridized carbons (Fsp3) is 0.552. The van der Waals surface area contributed by atoms with Crippen molar-refractivity contribution in [3.05, 3.63) is 70.8 Å². The van der Waals surface area contributed by atoms with E-state index in [4.69, 9.17) is 0 Å². The summed E-state index contributed by atoms with van der Waals surface area (Å²) in [5.74, 6) is -1.99. The lowest BCUT2D eigenvalue weighted by atomic mass is 10.0. The van der Waals surface area contributed by atoms with Gasteiger partial charge in [0.25, 0.3) is 0 Å². The third kappa shape index (κ3) is 9.18. The molecule has 8 heteroatoms. The Labute approximate surface area is 221 Å². The Hall–Kier alpha value is -2.32. The highest BCUT2D eigenvalue weighted by atomic mass is 32.2. The van der Waals surface area contributed by atoms with Gasteiger partial charge in [-0.05, 0) is 61.1 Å². The summed E-state index contributed by atoms with van der Waals surface area (Å²) in [6, 6.07) is 10.2. The van der Waals surface area contributed by atoms with Gasteiger partial charge in [0, 0.05) is 19.0 Å². The minimum absolute atomic E-state index is 0.0340. The summed E-state index contributed by atoms with van der Waals surface area (Å²) < 4.78 is 56.7. The average molecular weight is 537 g/mol. The Balaban J connectivity index is 2.41. The Morgan fingerprint density at radius 2 is 1.51 bits per heavy atom. The van der Waals surface area contributed by atoms with E-state index in [9.17, 15) is 22.0 Å². The summed E-state index contributed by atoms with van der Waals surface area (Å²) in [4.78, 5) is 12.5. The Morgan fingerprint density at radius 3 is 2.08 bits per heavy atom. The fourth-order valence-electron chi connectivity index (χ4n) is 4.77. The SMILES string of the molecule is CCCC(CCC)S(=O)(=O)C(c1cc(F)cc(F)c1)[C@H](CCNCc1cccc(CC)c1)NC(=O)CC. The summed E-state index contributed by atoms with van der Waals surface area (Å²) in [7, 11) is -3.90. The van der Waals surface area contributed by atoms with Crippen LogP contribution in [-0.2, 0) is 27.6 Å². The lowest BCUT2D eigenvalue weighted by Crippen LogP contribution is -2.45. The first-order chi connectivity index (χ1) is 17.7. The second-order valence-electron chi connectivity index (χ2n) is 9.58. The number of aryl methyl sites for hydroxylation is 1. The Bertz CT molecular complexity index is 1080. The first kappa shape index (κ1) is 30.9. The summed E-state index contributed by atoms with van der Waals surface area (Å²) in [5.41, 5.74) is 2.37. The molecule has 1 amide bonds. The lowest BCUT2D eigenvalue weighted by Gasteiger charge is -2.32. The summed E-state index contributed by atoms with van der Waals surface area (Å²) in [6.45, 7) is 8.62. The molecule has 1 unspecified atom stereocenters. The van der Waals surface area contributed by atoms with E-state index < -0.39 is 38.0 Å². The Morgan fingerprint density at radius 1 is 0.892 bits per heavy atom. The van der Waals surface area contributed by atoms with E-state index in [1.54, 1.807) is 6.92 Å². The maximum Gasteiger partial charge on any atom is 0.219 e. The maximum atomic E-state index is 14.3. The minimum Gasteiger partial charge on any atom is -0.352 e. The Kier molecular flexibility index (Phi) is 12.7. The van der Waals surface area contributed by atoms with E-state index in [2.05, 4.69) is 29.7 Å². The summed E-state index contributed by atoms with van der Waals surface area (Å²) in [5, 5.41) is 4.28. The molecule has 0 aliphatic heterocycles. The molecule has 0 saturated heterocycles. The van der Waals surface area contributed by atoms with Crippen LogP contribution in [0.15, 0.2) is 42.5 Å². The third-order valence-electron chi connectivity index (χ3n) is 6.65. The van der Waals surface area contributed by atoms with E-state index >= 15 is 0 Å². The molecule has 0 aliphatic rings. The molecule has 0 radical (unpaired) electrons. The van der Waals surface area contributed by atoms with E-state index in [-0.39, 0.29) is 24.3 Å². The first-order valence-corrected chi connectivity index (χ1v) is 15.0. The normalized spacial score (nSPS) is 13.5. The van der Waals surface area contributed by atoms with Crippen LogP contribution in [0.3, 0.4) is 0 Å². The second kappa shape index (κ2) is 15.2. The molecule has 0 aromatic heterocycles. The zero-order chi connectivity index (χ0) is 27.4. The van der Waals surface area contributed by atoms with Crippen LogP contribution in [0.25, 0.3) is 0 Å². The van der Waals surface area contributed by atoms with Crippen LogP contribution in [0, 0.1) is 11.6 Å². The number of benzene rings is 2. The van der Waals surface area contributed by atoms with Crippen LogP contribution >= 0.6 is 0 Å². The molecule has 2 rings (SSSR count). The van der Waals surface area contributed by atoms with Gasteiger partial charge >= 0.3 is 0 Å². The minimum atomic E-state index is -3.90. The van der Waals surface area contributed by atoms with Crippen LogP contribution in [0.1, 0.15) is 88.2 Å². The quantitative estimate of drug-likeness (QED) is 0.257. The van der Waals surface area contributed by atoms with Gasteiger partial charge in [-0.15, -0.1) is 0 Å². The van der Waals surface area contributed by atoms with Gasteiger partial charge in [0.15, 0.2) is 9.84 Å². The highest BCUT2D eigenvalue weighted by Gasteiger charge is 2.40. The van der Waals surface area contributed by atoms with Crippen LogP contribution in [0.2, 0.25) is 0 Å². The molecule has 206 valence electrons. The molecule has 2 atom stereocenters. The van der Waals surface area contributed by atoms with Crippen molar-refractivity contribution in [3.8, 4) is 0 Å². The number of carbonyl (C=O) groups is 1. The van der Waals surface area contributed by atoms with Gasteiger partial charge in [0.1, 0.15) is 16.9 Å². The highest BCUT2D eigenvalue weighted by molar-refractivity contribution is 7.92. The van der Waals surface area contributed by atoms with Crippen molar-refractivity contribution in [1.29, 1.82) is 0 Å². The van der Waals surface area contributed by atoms with Gasteiger partial charge in [0.2, 0.25) is 5.91 Å². The molecular weight excluding hydrogens is 494 g/mol. The maximum absolute atomic E-state index is 14.3. The van der Waals surface area contributed by atoms with Crippen molar-refractivity contribution in [2.45, 2.75) is 95.7 Å². The van der Waals surface area contributed by atoms with Crippen molar-refractivity contribution in [3.63, 3.8) is 0 Å². The molecule has 0 fully saturated rings. The largest absolute Gasteiger partial charge is 0.352 e. The third-order valence-corrected chi connectivity index (χ3v) is 9.36.